The van der Waals surface area contributed by atoms with E-state index in [0.29, 0.717) is 0 Å². The average molecular weight is 181 g/mol. The van der Waals surface area contributed by atoms with E-state index in [1.807, 2.05) is 0 Å². The van der Waals surface area contributed by atoms with Crippen LogP contribution < -0.4 is 0 Å². The van der Waals surface area contributed by atoms with Crippen LogP contribution in [0.25, 0.3) is 0 Å². The Morgan fingerprint density at radius 3 is 2.27 bits per heavy atom. The molecule has 1 rings (SSSR count). The van der Waals surface area contributed by atoms with Gasteiger partial charge in [-0.25, -0.2) is 0 Å². The van der Waals surface area contributed by atoms with E-state index < -0.39 is 0 Å². The fraction of sp³-hybridized carbons (Fsp3) is 0.875. The Morgan fingerprint density at radius 2 is 1.82 bits per heavy atom. The van der Waals surface area contributed by atoms with Crippen molar-refractivity contribution in [1.29, 1.82) is 0 Å². The molecule has 0 N–H and O–H groups in total. The molecule has 0 saturated heterocycles. The summed E-state index contributed by atoms with van der Waals surface area (Å²) in [6, 6.07) is 0. The molecule has 0 spiro atoms. The summed E-state index contributed by atoms with van der Waals surface area (Å²) in [4.78, 5) is 10.5. The first-order chi connectivity index (χ1) is 4.79. The van der Waals surface area contributed by atoms with Gasteiger partial charge in [-0.2, -0.15) is 0 Å². The van der Waals surface area contributed by atoms with E-state index in [-0.39, 0.29) is 63.5 Å². The van der Waals surface area contributed by atoms with Crippen LogP contribution in [0.15, 0.2) is 0 Å². The molecule has 1 saturated carbocycles. The molecular formula is C8H14KO2. The number of hydrogen-bond donors (Lipinski definition) is 0. The summed E-state index contributed by atoms with van der Waals surface area (Å²) in [5.41, 5.74) is 0. The van der Waals surface area contributed by atoms with Crippen LogP contribution in [0.5, 0.6) is 0 Å². The van der Waals surface area contributed by atoms with Crippen molar-refractivity contribution in [2.24, 2.45) is 0 Å². The SMILES string of the molecule is CC(=O)OC1CCCCC1.[K]. The third-order valence-electron chi connectivity index (χ3n) is 1.88. The molecule has 1 radical (unpaired) electrons. The summed E-state index contributed by atoms with van der Waals surface area (Å²) >= 11 is 0. The van der Waals surface area contributed by atoms with E-state index in [1.54, 1.807) is 0 Å². The van der Waals surface area contributed by atoms with Crippen molar-refractivity contribution < 1.29 is 9.53 Å². The van der Waals surface area contributed by atoms with Gasteiger partial charge in [-0.15, -0.1) is 0 Å². The van der Waals surface area contributed by atoms with Crippen molar-refractivity contribution in [1.82, 2.24) is 0 Å². The number of rotatable bonds is 1. The molecule has 0 atom stereocenters. The topological polar surface area (TPSA) is 26.3 Å². The van der Waals surface area contributed by atoms with Crippen molar-refractivity contribution in [3.05, 3.63) is 0 Å². The van der Waals surface area contributed by atoms with Gasteiger partial charge in [-0.3, -0.25) is 4.79 Å². The Bertz CT molecular complexity index is 119. The van der Waals surface area contributed by atoms with Gasteiger partial charge in [0.1, 0.15) is 6.10 Å². The predicted molar refractivity (Wildman–Crippen MR) is 44.4 cm³/mol. The maximum atomic E-state index is 10.5. The van der Waals surface area contributed by atoms with E-state index in [2.05, 4.69) is 0 Å². The first kappa shape index (κ1) is 12.1. The third-order valence-corrected chi connectivity index (χ3v) is 1.88. The largest absolute Gasteiger partial charge is 0.463 e. The molecule has 0 aromatic heterocycles. The second kappa shape index (κ2) is 6.60. The molecule has 1 aliphatic carbocycles. The van der Waals surface area contributed by atoms with Gasteiger partial charge in [0, 0.05) is 58.3 Å². The zero-order valence-electron chi connectivity index (χ0n) is 7.43. The Morgan fingerprint density at radius 1 is 1.27 bits per heavy atom. The Labute approximate surface area is 110 Å². The molecule has 3 heteroatoms. The summed E-state index contributed by atoms with van der Waals surface area (Å²) in [6.45, 7) is 1.48. The number of esters is 1. The smallest absolute Gasteiger partial charge is 0.302 e. The van der Waals surface area contributed by atoms with E-state index in [9.17, 15) is 4.79 Å². The van der Waals surface area contributed by atoms with Crippen molar-refractivity contribution in [2.45, 2.75) is 45.1 Å². The standard InChI is InChI=1S/C8H14O2.K/c1-7(9)10-8-5-3-2-4-6-8;/h8H,2-6H2,1H3;. The number of carbonyl (C=O) groups is 1. The van der Waals surface area contributed by atoms with Gasteiger partial charge >= 0.3 is 5.97 Å². The van der Waals surface area contributed by atoms with E-state index in [4.69, 9.17) is 4.74 Å². The monoisotopic (exact) mass is 181 g/mol. The van der Waals surface area contributed by atoms with E-state index in [1.165, 1.54) is 26.2 Å². The van der Waals surface area contributed by atoms with Gasteiger partial charge in [0.05, 0.1) is 0 Å². The summed E-state index contributed by atoms with van der Waals surface area (Å²) in [7, 11) is 0. The minimum absolute atomic E-state index is 0. The van der Waals surface area contributed by atoms with Crippen LogP contribution in [-0.4, -0.2) is 63.5 Å². The third kappa shape index (κ3) is 5.36. The maximum Gasteiger partial charge on any atom is 0.302 e. The first-order valence-corrected chi connectivity index (χ1v) is 3.96. The summed E-state index contributed by atoms with van der Waals surface area (Å²) < 4.78 is 5.05. The van der Waals surface area contributed by atoms with E-state index in [0.717, 1.165) is 12.8 Å². The number of hydrogen-bond acceptors (Lipinski definition) is 2. The van der Waals surface area contributed by atoms with Gasteiger partial charge < -0.3 is 4.74 Å². The molecule has 11 heavy (non-hydrogen) atoms. The molecule has 0 aromatic rings. The zero-order valence-corrected chi connectivity index (χ0v) is 10.6. The van der Waals surface area contributed by atoms with Crippen LogP contribution in [0.2, 0.25) is 0 Å². The second-order valence-electron chi connectivity index (χ2n) is 2.87. The summed E-state index contributed by atoms with van der Waals surface area (Å²) in [5.74, 6) is -0.132. The first-order valence-electron chi connectivity index (χ1n) is 3.96. The van der Waals surface area contributed by atoms with Crippen LogP contribution >= 0.6 is 0 Å². The molecule has 1 aliphatic rings. The Kier molecular flexibility index (Phi) is 7.27. The second-order valence-corrected chi connectivity index (χ2v) is 2.87. The molecule has 0 amide bonds. The van der Waals surface area contributed by atoms with Crippen LogP contribution in [-0.2, 0) is 9.53 Å². The van der Waals surface area contributed by atoms with Gasteiger partial charge in [-0.05, 0) is 25.7 Å². The van der Waals surface area contributed by atoms with Crippen LogP contribution in [0, 0.1) is 0 Å². The predicted octanol–water partition coefficient (Wildman–Crippen LogP) is 1.50. The molecule has 0 bridgehead atoms. The number of carbonyl (C=O) groups excluding carboxylic acids is 1. The zero-order chi connectivity index (χ0) is 7.40. The van der Waals surface area contributed by atoms with Crippen molar-refractivity contribution in [3.8, 4) is 0 Å². The fourth-order valence-electron chi connectivity index (χ4n) is 1.42. The van der Waals surface area contributed by atoms with Crippen LogP contribution in [0.3, 0.4) is 0 Å². The summed E-state index contributed by atoms with van der Waals surface area (Å²) in [6.07, 6.45) is 6.11. The van der Waals surface area contributed by atoms with Crippen molar-refractivity contribution >= 4 is 57.4 Å². The van der Waals surface area contributed by atoms with Gasteiger partial charge in [0.25, 0.3) is 0 Å². The number of ether oxygens (including phenoxy) is 1. The molecule has 2 nitrogen and oxygen atoms in total. The molecule has 0 heterocycles. The molecule has 0 aliphatic heterocycles. The molecular weight excluding hydrogens is 167 g/mol. The quantitative estimate of drug-likeness (QED) is 0.452. The van der Waals surface area contributed by atoms with Gasteiger partial charge in [0.2, 0.25) is 0 Å². The minimum atomic E-state index is -0.132. The Balaban J connectivity index is 0.000001000. The van der Waals surface area contributed by atoms with Crippen LogP contribution in [0.4, 0.5) is 0 Å². The molecule has 0 unspecified atom stereocenters. The molecule has 59 valence electrons. The Hall–Kier alpha value is 1.11. The fourth-order valence-corrected chi connectivity index (χ4v) is 1.42. The normalized spacial score (nSPS) is 18.6. The minimum Gasteiger partial charge on any atom is -0.463 e. The molecule has 1 fully saturated rings. The summed E-state index contributed by atoms with van der Waals surface area (Å²) in [5, 5.41) is 0. The average Bonchev–Trinajstić information content (AvgIpc) is 1.88. The van der Waals surface area contributed by atoms with Gasteiger partial charge in [-0.1, -0.05) is 6.42 Å². The van der Waals surface area contributed by atoms with Gasteiger partial charge in [0.15, 0.2) is 0 Å². The maximum absolute atomic E-state index is 10.5. The van der Waals surface area contributed by atoms with Crippen molar-refractivity contribution in [3.63, 3.8) is 0 Å². The van der Waals surface area contributed by atoms with E-state index >= 15 is 0 Å². The molecule has 0 aromatic carbocycles. The van der Waals surface area contributed by atoms with Crippen LogP contribution in [0.1, 0.15) is 39.0 Å². The van der Waals surface area contributed by atoms with Crippen molar-refractivity contribution in [2.75, 3.05) is 0 Å².